The number of rotatable bonds is 4. The van der Waals surface area contributed by atoms with Crippen molar-refractivity contribution in [1.82, 2.24) is 15.2 Å². The van der Waals surface area contributed by atoms with Gasteiger partial charge in [0.05, 0.1) is 5.60 Å². The maximum absolute atomic E-state index is 5.32. The molecule has 14 heavy (non-hydrogen) atoms. The van der Waals surface area contributed by atoms with E-state index >= 15 is 0 Å². The molecular weight excluding hydrogens is 178 g/mol. The predicted octanol–water partition coefficient (Wildman–Crippen LogP) is 1.90. The Hall–Kier alpha value is -0.900. The molecule has 1 rings (SSSR count). The second kappa shape index (κ2) is 4.09. The maximum Gasteiger partial charge on any atom is 0.153 e. The molecule has 0 radical (unpaired) electrons. The zero-order valence-electron chi connectivity index (χ0n) is 9.59. The van der Waals surface area contributed by atoms with Gasteiger partial charge in [0, 0.05) is 19.4 Å². The molecule has 0 amide bonds. The molecule has 1 aromatic heterocycles. The van der Waals surface area contributed by atoms with Crippen molar-refractivity contribution >= 4 is 0 Å². The Morgan fingerprint density at radius 3 is 2.50 bits per heavy atom. The van der Waals surface area contributed by atoms with Crippen LogP contribution >= 0.6 is 0 Å². The Morgan fingerprint density at radius 2 is 2.07 bits per heavy atom. The molecule has 0 fully saturated rings. The largest absolute Gasteiger partial charge is 0.378 e. The number of nitrogens with zero attached hydrogens (tertiary/aromatic N) is 2. The smallest absolute Gasteiger partial charge is 0.153 e. The Bertz CT molecular complexity index is 291. The normalized spacial score (nSPS) is 12.4. The van der Waals surface area contributed by atoms with E-state index in [9.17, 15) is 0 Å². The lowest BCUT2D eigenvalue weighted by atomic mass is 10.1. The quantitative estimate of drug-likeness (QED) is 0.802. The number of methoxy groups -OCH3 is 1. The van der Waals surface area contributed by atoms with Gasteiger partial charge in [-0.05, 0) is 13.8 Å². The third-order valence-corrected chi connectivity index (χ3v) is 2.21. The van der Waals surface area contributed by atoms with E-state index in [-0.39, 0.29) is 5.60 Å². The van der Waals surface area contributed by atoms with Crippen molar-refractivity contribution in [3.05, 3.63) is 11.6 Å². The molecule has 0 unspecified atom stereocenters. The van der Waals surface area contributed by atoms with Crippen LogP contribution in [0.3, 0.4) is 0 Å². The Balaban J connectivity index is 2.69. The first-order chi connectivity index (χ1) is 6.44. The number of nitrogens with one attached hydrogen (secondary N) is 1. The van der Waals surface area contributed by atoms with Gasteiger partial charge in [-0.25, -0.2) is 4.98 Å². The number of H-pyrrole nitrogens is 1. The van der Waals surface area contributed by atoms with Gasteiger partial charge in [0.25, 0.3) is 0 Å². The van der Waals surface area contributed by atoms with Crippen LogP contribution in [0.25, 0.3) is 0 Å². The molecule has 0 spiro atoms. The SMILES string of the molecule is COC(C)(C)Cc1nc(C(C)C)n[nH]1. The van der Waals surface area contributed by atoms with Gasteiger partial charge < -0.3 is 4.74 Å². The van der Waals surface area contributed by atoms with Crippen molar-refractivity contribution in [2.45, 2.75) is 45.6 Å². The summed E-state index contributed by atoms with van der Waals surface area (Å²) < 4.78 is 5.32. The second-order valence-electron chi connectivity index (χ2n) is 4.44. The molecule has 0 aliphatic rings. The molecular formula is C10H19N3O. The third-order valence-electron chi connectivity index (χ3n) is 2.21. The monoisotopic (exact) mass is 197 g/mol. The van der Waals surface area contributed by atoms with Gasteiger partial charge in [-0.3, -0.25) is 5.10 Å². The summed E-state index contributed by atoms with van der Waals surface area (Å²) in [4.78, 5) is 4.40. The molecule has 0 aliphatic carbocycles. The van der Waals surface area contributed by atoms with Crippen LogP contribution in [0.1, 0.15) is 45.3 Å². The second-order valence-corrected chi connectivity index (χ2v) is 4.44. The van der Waals surface area contributed by atoms with Crippen molar-refractivity contribution in [1.29, 1.82) is 0 Å². The van der Waals surface area contributed by atoms with Crippen LogP contribution in [0.15, 0.2) is 0 Å². The Morgan fingerprint density at radius 1 is 1.43 bits per heavy atom. The van der Waals surface area contributed by atoms with Crippen molar-refractivity contribution in [2.75, 3.05) is 7.11 Å². The predicted molar refractivity (Wildman–Crippen MR) is 55.3 cm³/mol. The van der Waals surface area contributed by atoms with E-state index in [2.05, 4.69) is 29.0 Å². The average Bonchev–Trinajstić information content (AvgIpc) is 2.52. The minimum absolute atomic E-state index is 0.187. The van der Waals surface area contributed by atoms with Crippen molar-refractivity contribution < 1.29 is 4.74 Å². The topological polar surface area (TPSA) is 50.8 Å². The van der Waals surface area contributed by atoms with Gasteiger partial charge in [-0.1, -0.05) is 13.8 Å². The highest BCUT2D eigenvalue weighted by atomic mass is 16.5. The van der Waals surface area contributed by atoms with Gasteiger partial charge in [0.2, 0.25) is 0 Å². The van der Waals surface area contributed by atoms with E-state index in [0.717, 1.165) is 18.1 Å². The lowest BCUT2D eigenvalue weighted by molar-refractivity contribution is 0.0216. The summed E-state index contributed by atoms with van der Waals surface area (Å²) in [5.41, 5.74) is -0.187. The maximum atomic E-state index is 5.32. The van der Waals surface area contributed by atoms with Crippen molar-refractivity contribution in [3.8, 4) is 0 Å². The first kappa shape index (κ1) is 11.2. The van der Waals surface area contributed by atoms with Crippen LogP contribution in [-0.2, 0) is 11.2 Å². The van der Waals surface area contributed by atoms with E-state index in [1.807, 2.05) is 13.8 Å². The fourth-order valence-electron chi connectivity index (χ4n) is 1.12. The zero-order valence-corrected chi connectivity index (χ0v) is 9.59. The minimum Gasteiger partial charge on any atom is -0.378 e. The molecule has 1 heterocycles. The molecule has 80 valence electrons. The van der Waals surface area contributed by atoms with Crippen LogP contribution in [0.4, 0.5) is 0 Å². The molecule has 0 saturated carbocycles. The number of aromatic amines is 1. The summed E-state index contributed by atoms with van der Waals surface area (Å²) in [7, 11) is 1.71. The summed E-state index contributed by atoms with van der Waals surface area (Å²) >= 11 is 0. The first-order valence-corrected chi connectivity index (χ1v) is 4.91. The average molecular weight is 197 g/mol. The highest BCUT2D eigenvalue weighted by molar-refractivity contribution is 4.97. The third kappa shape index (κ3) is 2.80. The molecule has 0 aromatic carbocycles. The fraction of sp³-hybridized carbons (Fsp3) is 0.800. The lowest BCUT2D eigenvalue weighted by Crippen LogP contribution is -2.26. The van der Waals surface area contributed by atoms with Crippen LogP contribution in [-0.4, -0.2) is 27.9 Å². The highest BCUT2D eigenvalue weighted by Gasteiger charge is 2.19. The number of ether oxygens (including phenoxy) is 1. The number of hydrogen-bond acceptors (Lipinski definition) is 3. The van der Waals surface area contributed by atoms with Crippen LogP contribution in [0.2, 0.25) is 0 Å². The summed E-state index contributed by atoms with van der Waals surface area (Å²) in [6, 6.07) is 0. The highest BCUT2D eigenvalue weighted by Crippen LogP contribution is 2.15. The Kier molecular flexibility index (Phi) is 3.26. The van der Waals surface area contributed by atoms with E-state index in [1.165, 1.54) is 0 Å². The van der Waals surface area contributed by atoms with E-state index in [4.69, 9.17) is 4.74 Å². The molecule has 0 bridgehead atoms. The lowest BCUT2D eigenvalue weighted by Gasteiger charge is -2.20. The minimum atomic E-state index is -0.187. The molecule has 1 N–H and O–H groups in total. The van der Waals surface area contributed by atoms with Gasteiger partial charge >= 0.3 is 0 Å². The summed E-state index contributed by atoms with van der Waals surface area (Å²) in [5, 5.41) is 7.08. The van der Waals surface area contributed by atoms with Gasteiger partial charge in [-0.15, -0.1) is 0 Å². The molecule has 4 nitrogen and oxygen atoms in total. The fourth-order valence-corrected chi connectivity index (χ4v) is 1.12. The summed E-state index contributed by atoms with van der Waals surface area (Å²) in [5.74, 6) is 2.12. The molecule has 4 heteroatoms. The van der Waals surface area contributed by atoms with Crippen LogP contribution < -0.4 is 0 Å². The zero-order chi connectivity index (χ0) is 10.8. The van der Waals surface area contributed by atoms with Gasteiger partial charge in [0.1, 0.15) is 5.82 Å². The van der Waals surface area contributed by atoms with E-state index < -0.39 is 0 Å². The Labute approximate surface area is 85.1 Å². The number of hydrogen-bond donors (Lipinski definition) is 1. The van der Waals surface area contributed by atoms with Crippen LogP contribution in [0.5, 0.6) is 0 Å². The van der Waals surface area contributed by atoms with Crippen LogP contribution in [0, 0.1) is 0 Å². The van der Waals surface area contributed by atoms with E-state index in [0.29, 0.717) is 5.92 Å². The van der Waals surface area contributed by atoms with Crippen molar-refractivity contribution in [2.24, 2.45) is 0 Å². The summed E-state index contributed by atoms with van der Waals surface area (Å²) in [6.07, 6.45) is 0.753. The van der Waals surface area contributed by atoms with Crippen molar-refractivity contribution in [3.63, 3.8) is 0 Å². The van der Waals surface area contributed by atoms with Gasteiger partial charge in [0.15, 0.2) is 5.82 Å². The van der Waals surface area contributed by atoms with Gasteiger partial charge in [-0.2, -0.15) is 5.10 Å². The molecule has 0 aliphatic heterocycles. The first-order valence-electron chi connectivity index (χ1n) is 4.91. The standard InChI is InChI=1S/C10H19N3O/c1-7(2)9-11-8(12-13-9)6-10(3,4)14-5/h7H,6H2,1-5H3,(H,11,12,13). The number of aromatic nitrogens is 3. The summed E-state index contributed by atoms with van der Waals surface area (Å²) in [6.45, 7) is 8.22. The molecule has 0 atom stereocenters. The molecule has 0 saturated heterocycles. The van der Waals surface area contributed by atoms with E-state index in [1.54, 1.807) is 7.11 Å². The molecule has 1 aromatic rings.